The van der Waals surface area contributed by atoms with Crippen LogP contribution in [0.4, 0.5) is 10.1 Å². The SMILES string of the molecule is CC1CCCC1C(=O)Nc1ccc(Br)cc1F. The summed E-state index contributed by atoms with van der Waals surface area (Å²) in [6.07, 6.45) is 3.08. The quantitative estimate of drug-likeness (QED) is 0.880. The molecule has 0 aliphatic heterocycles. The van der Waals surface area contributed by atoms with E-state index in [-0.39, 0.29) is 17.5 Å². The van der Waals surface area contributed by atoms with Crippen molar-refractivity contribution < 1.29 is 9.18 Å². The van der Waals surface area contributed by atoms with E-state index in [1.165, 1.54) is 6.07 Å². The number of nitrogens with one attached hydrogen (secondary N) is 1. The maximum atomic E-state index is 13.6. The lowest BCUT2D eigenvalue weighted by atomic mass is 9.97. The molecule has 92 valence electrons. The van der Waals surface area contributed by atoms with Crippen molar-refractivity contribution in [2.45, 2.75) is 26.2 Å². The third kappa shape index (κ3) is 2.86. The minimum Gasteiger partial charge on any atom is -0.323 e. The van der Waals surface area contributed by atoms with Crippen LogP contribution < -0.4 is 5.32 Å². The fraction of sp³-hybridized carbons (Fsp3) is 0.462. The molecule has 0 heterocycles. The van der Waals surface area contributed by atoms with Gasteiger partial charge < -0.3 is 5.32 Å². The van der Waals surface area contributed by atoms with Gasteiger partial charge in [-0.15, -0.1) is 0 Å². The molecule has 2 unspecified atom stereocenters. The number of carbonyl (C=O) groups excluding carboxylic acids is 1. The van der Waals surface area contributed by atoms with Gasteiger partial charge in [-0.2, -0.15) is 0 Å². The van der Waals surface area contributed by atoms with Crippen LogP contribution in [0.2, 0.25) is 0 Å². The Morgan fingerprint density at radius 1 is 1.47 bits per heavy atom. The molecule has 1 aliphatic carbocycles. The molecule has 2 nitrogen and oxygen atoms in total. The van der Waals surface area contributed by atoms with E-state index in [0.717, 1.165) is 19.3 Å². The number of carbonyl (C=O) groups is 1. The standard InChI is InChI=1S/C13H15BrFNO/c1-8-3-2-4-10(8)13(17)16-12-6-5-9(14)7-11(12)15/h5-8,10H,2-4H2,1H3,(H,16,17). The summed E-state index contributed by atoms with van der Waals surface area (Å²) in [4.78, 5) is 12.0. The molecule has 0 saturated heterocycles. The molecule has 2 rings (SSSR count). The Morgan fingerprint density at radius 2 is 2.24 bits per heavy atom. The first-order chi connectivity index (χ1) is 8.08. The van der Waals surface area contributed by atoms with E-state index in [0.29, 0.717) is 10.4 Å². The summed E-state index contributed by atoms with van der Waals surface area (Å²) in [5.41, 5.74) is 0.261. The Kier molecular flexibility index (Phi) is 3.82. The van der Waals surface area contributed by atoms with Crippen LogP contribution in [0, 0.1) is 17.7 Å². The number of hydrogen-bond donors (Lipinski definition) is 1. The lowest BCUT2D eigenvalue weighted by Crippen LogP contribution is -2.24. The number of rotatable bonds is 2. The van der Waals surface area contributed by atoms with Gasteiger partial charge in [-0.1, -0.05) is 29.3 Å². The number of halogens is 2. The van der Waals surface area contributed by atoms with Gasteiger partial charge in [-0.05, 0) is 37.0 Å². The van der Waals surface area contributed by atoms with Gasteiger partial charge in [-0.25, -0.2) is 4.39 Å². The van der Waals surface area contributed by atoms with E-state index >= 15 is 0 Å². The second-order valence-corrected chi connectivity index (χ2v) is 5.54. The topological polar surface area (TPSA) is 29.1 Å². The Balaban J connectivity index is 2.07. The maximum Gasteiger partial charge on any atom is 0.227 e. The summed E-state index contributed by atoms with van der Waals surface area (Å²) in [6, 6.07) is 4.65. The summed E-state index contributed by atoms with van der Waals surface area (Å²) in [5, 5.41) is 2.68. The zero-order valence-electron chi connectivity index (χ0n) is 9.67. The van der Waals surface area contributed by atoms with E-state index < -0.39 is 5.82 Å². The van der Waals surface area contributed by atoms with Crippen LogP contribution in [-0.4, -0.2) is 5.91 Å². The first-order valence-corrected chi connectivity index (χ1v) is 6.63. The first kappa shape index (κ1) is 12.6. The fourth-order valence-corrected chi connectivity index (χ4v) is 2.68. The summed E-state index contributed by atoms with van der Waals surface area (Å²) in [5.74, 6) is -0.0406. The molecule has 1 fully saturated rings. The molecule has 17 heavy (non-hydrogen) atoms. The van der Waals surface area contributed by atoms with Crippen molar-refractivity contribution in [2.24, 2.45) is 11.8 Å². The minimum absolute atomic E-state index is 0.0260. The van der Waals surface area contributed by atoms with Crippen molar-refractivity contribution in [1.29, 1.82) is 0 Å². The molecule has 2 atom stereocenters. The molecule has 0 bridgehead atoms. The number of anilines is 1. The van der Waals surface area contributed by atoms with Gasteiger partial charge in [0.05, 0.1) is 5.69 Å². The molecule has 1 saturated carbocycles. The van der Waals surface area contributed by atoms with Crippen LogP contribution in [0.5, 0.6) is 0 Å². The Hall–Kier alpha value is -0.900. The predicted octanol–water partition coefficient (Wildman–Crippen LogP) is 3.96. The van der Waals surface area contributed by atoms with Gasteiger partial charge >= 0.3 is 0 Å². The molecule has 1 N–H and O–H groups in total. The predicted molar refractivity (Wildman–Crippen MR) is 69.2 cm³/mol. The van der Waals surface area contributed by atoms with Crippen LogP contribution >= 0.6 is 15.9 Å². The van der Waals surface area contributed by atoms with Crippen molar-refractivity contribution in [3.05, 3.63) is 28.5 Å². The van der Waals surface area contributed by atoms with E-state index in [1.807, 2.05) is 0 Å². The highest BCUT2D eigenvalue weighted by Crippen LogP contribution is 2.32. The second-order valence-electron chi connectivity index (χ2n) is 4.63. The monoisotopic (exact) mass is 299 g/mol. The summed E-state index contributed by atoms with van der Waals surface area (Å²) < 4.78 is 14.2. The zero-order chi connectivity index (χ0) is 12.4. The lowest BCUT2D eigenvalue weighted by molar-refractivity contribution is -0.120. The van der Waals surface area contributed by atoms with Crippen LogP contribution in [0.15, 0.2) is 22.7 Å². The second kappa shape index (κ2) is 5.17. The van der Waals surface area contributed by atoms with E-state index in [2.05, 4.69) is 28.2 Å². The minimum atomic E-state index is -0.404. The molecular weight excluding hydrogens is 285 g/mol. The highest BCUT2D eigenvalue weighted by atomic mass is 79.9. The summed E-state index contributed by atoms with van der Waals surface area (Å²) in [7, 11) is 0. The molecule has 1 amide bonds. The highest BCUT2D eigenvalue weighted by Gasteiger charge is 2.29. The maximum absolute atomic E-state index is 13.6. The smallest absolute Gasteiger partial charge is 0.227 e. The molecule has 4 heteroatoms. The van der Waals surface area contributed by atoms with Gasteiger partial charge in [0.25, 0.3) is 0 Å². The normalized spacial score (nSPS) is 23.7. The van der Waals surface area contributed by atoms with Crippen molar-refractivity contribution in [2.75, 3.05) is 5.32 Å². The lowest BCUT2D eigenvalue weighted by Gasteiger charge is -2.15. The first-order valence-electron chi connectivity index (χ1n) is 5.84. The van der Waals surface area contributed by atoms with Gasteiger partial charge in [0, 0.05) is 10.4 Å². The molecule has 0 aromatic heterocycles. The van der Waals surface area contributed by atoms with Gasteiger partial charge in [-0.3, -0.25) is 4.79 Å². The Morgan fingerprint density at radius 3 is 2.82 bits per heavy atom. The van der Waals surface area contributed by atoms with Crippen LogP contribution in [0.1, 0.15) is 26.2 Å². The van der Waals surface area contributed by atoms with Crippen molar-refractivity contribution in [1.82, 2.24) is 0 Å². The van der Waals surface area contributed by atoms with Crippen LogP contribution in [0.25, 0.3) is 0 Å². The molecule has 0 radical (unpaired) electrons. The fourth-order valence-electron chi connectivity index (χ4n) is 2.35. The number of benzene rings is 1. The van der Waals surface area contributed by atoms with Gasteiger partial charge in [0.1, 0.15) is 5.82 Å². The Bertz CT molecular complexity index is 435. The largest absolute Gasteiger partial charge is 0.323 e. The summed E-state index contributed by atoms with van der Waals surface area (Å²) >= 11 is 3.19. The average molecular weight is 300 g/mol. The van der Waals surface area contributed by atoms with Crippen LogP contribution in [-0.2, 0) is 4.79 Å². The van der Waals surface area contributed by atoms with E-state index in [1.54, 1.807) is 12.1 Å². The molecule has 1 aliphatic rings. The van der Waals surface area contributed by atoms with E-state index in [4.69, 9.17) is 0 Å². The van der Waals surface area contributed by atoms with Gasteiger partial charge in [0.2, 0.25) is 5.91 Å². The number of amides is 1. The molecule has 1 aromatic carbocycles. The van der Waals surface area contributed by atoms with Crippen molar-refractivity contribution in [3.63, 3.8) is 0 Å². The van der Waals surface area contributed by atoms with Crippen molar-refractivity contribution in [3.8, 4) is 0 Å². The number of hydrogen-bond acceptors (Lipinski definition) is 1. The van der Waals surface area contributed by atoms with Crippen molar-refractivity contribution >= 4 is 27.5 Å². The zero-order valence-corrected chi connectivity index (χ0v) is 11.3. The molecule has 0 spiro atoms. The average Bonchev–Trinajstić information content (AvgIpc) is 2.68. The van der Waals surface area contributed by atoms with Gasteiger partial charge in [0.15, 0.2) is 0 Å². The summed E-state index contributed by atoms with van der Waals surface area (Å²) in [6.45, 7) is 2.08. The third-order valence-corrected chi connectivity index (χ3v) is 3.88. The van der Waals surface area contributed by atoms with E-state index in [9.17, 15) is 9.18 Å². The molecular formula is C13H15BrFNO. The Labute approximate surface area is 109 Å². The molecule has 1 aromatic rings. The van der Waals surface area contributed by atoms with Crippen LogP contribution in [0.3, 0.4) is 0 Å². The third-order valence-electron chi connectivity index (χ3n) is 3.39. The highest BCUT2D eigenvalue weighted by molar-refractivity contribution is 9.10.